The van der Waals surface area contributed by atoms with Crippen LogP contribution in [0.3, 0.4) is 0 Å². The summed E-state index contributed by atoms with van der Waals surface area (Å²) < 4.78 is 6.95. The first-order chi connectivity index (χ1) is 13.1. The van der Waals surface area contributed by atoms with Crippen molar-refractivity contribution in [2.75, 3.05) is 0 Å². The van der Waals surface area contributed by atoms with Gasteiger partial charge in [-0.25, -0.2) is 0 Å². The number of hydrogen-bond donors (Lipinski definition) is 1. The molecule has 0 bridgehead atoms. The zero-order chi connectivity index (χ0) is 19.2. The van der Waals surface area contributed by atoms with Crippen LogP contribution in [0.15, 0.2) is 53.9 Å². The summed E-state index contributed by atoms with van der Waals surface area (Å²) in [5.41, 5.74) is 2.04. The molecule has 1 aliphatic rings. The van der Waals surface area contributed by atoms with Crippen LogP contribution in [-0.4, -0.2) is 33.2 Å². The lowest BCUT2D eigenvalue weighted by Gasteiger charge is -2.35. The molecule has 1 N–H and O–H groups in total. The van der Waals surface area contributed by atoms with Crippen LogP contribution in [0.5, 0.6) is 0 Å². The van der Waals surface area contributed by atoms with Crippen molar-refractivity contribution in [3.63, 3.8) is 0 Å². The van der Waals surface area contributed by atoms with Crippen LogP contribution in [0, 0.1) is 5.92 Å². The Morgan fingerprint density at radius 2 is 2.30 bits per heavy atom. The fourth-order valence-corrected chi connectivity index (χ4v) is 3.08. The summed E-state index contributed by atoms with van der Waals surface area (Å²) >= 11 is 0. The van der Waals surface area contributed by atoms with Gasteiger partial charge < -0.3 is 9.84 Å². The molecule has 0 saturated heterocycles. The number of allylic oxidation sites excluding steroid dienone is 5. The maximum atomic E-state index is 12.3. The highest BCUT2D eigenvalue weighted by Crippen LogP contribution is 2.29. The second-order valence-electron chi connectivity index (χ2n) is 6.54. The molecule has 2 aromatic rings. The van der Waals surface area contributed by atoms with E-state index in [1.165, 1.54) is 0 Å². The highest BCUT2D eigenvalue weighted by Gasteiger charge is 2.31. The van der Waals surface area contributed by atoms with E-state index < -0.39 is 0 Å². The van der Waals surface area contributed by atoms with Gasteiger partial charge in [0.15, 0.2) is 6.29 Å². The van der Waals surface area contributed by atoms with Gasteiger partial charge in [0.05, 0.1) is 11.8 Å². The fraction of sp³-hybridized carbons (Fsp3) is 0.300. The first-order valence-corrected chi connectivity index (χ1v) is 8.84. The monoisotopic (exact) mass is 366 g/mol. The van der Waals surface area contributed by atoms with Gasteiger partial charge in [0.2, 0.25) is 5.76 Å². The molecule has 0 spiro atoms. The van der Waals surface area contributed by atoms with E-state index in [4.69, 9.17) is 4.52 Å². The molecule has 2 heterocycles. The molecule has 0 atom stereocenters. The van der Waals surface area contributed by atoms with Gasteiger partial charge in [0.1, 0.15) is 5.69 Å². The second-order valence-corrected chi connectivity index (χ2v) is 6.54. The third kappa shape index (κ3) is 4.49. The van der Waals surface area contributed by atoms with Gasteiger partial charge in [-0.3, -0.25) is 14.3 Å². The minimum Gasteiger partial charge on any atom is -0.350 e. The summed E-state index contributed by atoms with van der Waals surface area (Å²) in [5, 5.41) is 11.1. The molecule has 7 nitrogen and oxygen atoms in total. The lowest BCUT2D eigenvalue weighted by molar-refractivity contribution is 0.0842. The number of hydrogen-bond acceptors (Lipinski definition) is 5. The molecule has 27 heavy (non-hydrogen) atoms. The van der Waals surface area contributed by atoms with E-state index in [2.05, 4.69) is 22.2 Å². The van der Waals surface area contributed by atoms with Crippen LogP contribution in [-0.2, 0) is 6.54 Å². The van der Waals surface area contributed by atoms with E-state index in [0.29, 0.717) is 17.2 Å². The summed E-state index contributed by atoms with van der Waals surface area (Å²) in [5.74, 6) is 0.365. The number of aromatic nitrogens is 3. The standard InChI is InChI=1S/C20H22N4O3/c1-3-5-6-16(4-2)18-9-19(27-23-18)20(26)22-17-7-14(8-17)11-24-12-15(13-25)10-21-24/h3-6,9-10,12-14,17H,1,7-8,11H2,2H3,(H,22,26)/b6-5-,16-4+. The van der Waals surface area contributed by atoms with E-state index in [9.17, 15) is 9.59 Å². The van der Waals surface area contributed by atoms with Gasteiger partial charge in [0.25, 0.3) is 5.91 Å². The topological polar surface area (TPSA) is 90.0 Å². The second kappa shape index (κ2) is 8.44. The van der Waals surface area contributed by atoms with Crippen LogP contribution < -0.4 is 5.32 Å². The van der Waals surface area contributed by atoms with Crippen molar-refractivity contribution in [1.29, 1.82) is 0 Å². The van der Waals surface area contributed by atoms with E-state index in [0.717, 1.165) is 31.2 Å². The molecule has 2 aromatic heterocycles. The molecule has 7 heteroatoms. The van der Waals surface area contributed by atoms with Gasteiger partial charge in [-0.2, -0.15) is 5.10 Å². The Hall–Kier alpha value is -3.22. The molecule has 140 valence electrons. The molecule has 1 amide bonds. The lowest BCUT2D eigenvalue weighted by atomic mass is 9.80. The molecular weight excluding hydrogens is 344 g/mol. The SMILES string of the molecule is C=C/C=C\C(=C/C)c1cc(C(=O)NC2CC(Cn3cc(C=O)cn3)C2)on1. The zero-order valence-corrected chi connectivity index (χ0v) is 15.2. The van der Waals surface area contributed by atoms with E-state index in [-0.39, 0.29) is 17.7 Å². The van der Waals surface area contributed by atoms with Crippen LogP contribution in [0.25, 0.3) is 5.57 Å². The molecule has 0 aliphatic heterocycles. The first kappa shape index (κ1) is 18.6. The van der Waals surface area contributed by atoms with E-state index in [1.54, 1.807) is 35.3 Å². The van der Waals surface area contributed by atoms with Crippen molar-refractivity contribution in [3.8, 4) is 0 Å². The average Bonchev–Trinajstić information content (AvgIpc) is 3.30. The highest BCUT2D eigenvalue weighted by atomic mass is 16.5. The molecule has 0 unspecified atom stereocenters. The Morgan fingerprint density at radius 3 is 2.96 bits per heavy atom. The largest absolute Gasteiger partial charge is 0.350 e. The van der Waals surface area contributed by atoms with Crippen LogP contribution >= 0.6 is 0 Å². The maximum absolute atomic E-state index is 12.3. The summed E-state index contributed by atoms with van der Waals surface area (Å²) in [6.07, 6.45) is 13.0. The number of nitrogens with one attached hydrogen (secondary N) is 1. The Morgan fingerprint density at radius 1 is 1.48 bits per heavy atom. The van der Waals surface area contributed by atoms with E-state index in [1.807, 2.05) is 19.1 Å². The van der Waals surface area contributed by atoms with Crippen LogP contribution in [0.4, 0.5) is 0 Å². The number of nitrogens with zero attached hydrogens (tertiary/aromatic N) is 3. The summed E-state index contributed by atoms with van der Waals surface area (Å²) in [7, 11) is 0. The van der Waals surface area contributed by atoms with E-state index >= 15 is 0 Å². The Kier molecular flexibility index (Phi) is 5.80. The quantitative estimate of drug-likeness (QED) is 0.573. The predicted molar refractivity (Wildman–Crippen MR) is 101 cm³/mol. The number of carbonyl (C=O) groups excluding carboxylic acids is 2. The lowest BCUT2D eigenvalue weighted by Crippen LogP contribution is -2.45. The Labute approximate surface area is 157 Å². The third-order valence-corrected chi connectivity index (χ3v) is 4.56. The molecular formula is C20H22N4O3. The molecule has 0 radical (unpaired) electrons. The first-order valence-electron chi connectivity index (χ1n) is 8.84. The number of amides is 1. The molecule has 1 saturated carbocycles. The van der Waals surface area contributed by atoms with Gasteiger partial charge in [0, 0.05) is 24.8 Å². The Bertz CT molecular complexity index is 885. The normalized spacial score (nSPS) is 19.7. The average molecular weight is 366 g/mol. The summed E-state index contributed by atoms with van der Waals surface area (Å²) in [6, 6.07) is 1.75. The van der Waals surface area contributed by atoms with Crippen molar-refractivity contribution < 1.29 is 14.1 Å². The van der Waals surface area contributed by atoms with Gasteiger partial charge >= 0.3 is 0 Å². The van der Waals surface area contributed by atoms with Crippen molar-refractivity contribution in [1.82, 2.24) is 20.3 Å². The van der Waals surface area contributed by atoms with Gasteiger partial charge in [-0.15, -0.1) is 0 Å². The maximum Gasteiger partial charge on any atom is 0.290 e. The number of carbonyl (C=O) groups is 2. The number of rotatable bonds is 8. The smallest absolute Gasteiger partial charge is 0.290 e. The molecule has 3 rings (SSSR count). The van der Waals surface area contributed by atoms with Gasteiger partial charge in [-0.1, -0.05) is 36.0 Å². The van der Waals surface area contributed by atoms with Crippen LogP contribution in [0.1, 0.15) is 46.4 Å². The predicted octanol–water partition coefficient (Wildman–Crippen LogP) is 3.04. The molecule has 1 fully saturated rings. The fourth-order valence-electron chi connectivity index (χ4n) is 3.08. The van der Waals surface area contributed by atoms with Gasteiger partial charge in [-0.05, 0) is 31.3 Å². The number of aldehydes is 1. The molecule has 0 aromatic carbocycles. The summed E-state index contributed by atoms with van der Waals surface area (Å²) in [6.45, 7) is 6.27. The minimum atomic E-state index is -0.261. The van der Waals surface area contributed by atoms with Crippen molar-refractivity contribution in [2.45, 2.75) is 32.4 Å². The minimum absolute atomic E-state index is 0.110. The Balaban J connectivity index is 1.50. The van der Waals surface area contributed by atoms with Crippen molar-refractivity contribution in [3.05, 3.63) is 66.4 Å². The van der Waals surface area contributed by atoms with Crippen molar-refractivity contribution in [2.24, 2.45) is 5.92 Å². The molecule has 1 aliphatic carbocycles. The highest BCUT2D eigenvalue weighted by molar-refractivity contribution is 5.92. The zero-order valence-electron chi connectivity index (χ0n) is 15.2. The van der Waals surface area contributed by atoms with Crippen molar-refractivity contribution >= 4 is 17.8 Å². The van der Waals surface area contributed by atoms with Crippen LogP contribution in [0.2, 0.25) is 0 Å². The third-order valence-electron chi connectivity index (χ3n) is 4.56. The summed E-state index contributed by atoms with van der Waals surface area (Å²) in [4.78, 5) is 23.0.